The summed E-state index contributed by atoms with van der Waals surface area (Å²) in [5, 5.41) is 0. The van der Waals surface area contributed by atoms with Gasteiger partial charge in [-0.05, 0) is 30.4 Å². The Balaban J connectivity index is 2.06. The van der Waals surface area contributed by atoms with E-state index in [1.807, 2.05) is 6.20 Å². The van der Waals surface area contributed by atoms with Crippen LogP contribution in [0.1, 0.15) is 30.4 Å². The van der Waals surface area contributed by atoms with Crippen LogP contribution in [-0.4, -0.2) is 17.4 Å². The molecular formula is C13H10BFN2. The Labute approximate surface area is 99.9 Å². The summed E-state index contributed by atoms with van der Waals surface area (Å²) < 4.78 is 15.8. The first-order chi connectivity index (χ1) is 8.24. The topological polar surface area (TPSA) is 17.8 Å². The van der Waals surface area contributed by atoms with Crippen LogP contribution < -0.4 is 5.46 Å². The normalized spacial score (nSPS) is 24.5. The van der Waals surface area contributed by atoms with Crippen LogP contribution in [0.25, 0.3) is 11.4 Å². The van der Waals surface area contributed by atoms with Gasteiger partial charge >= 0.3 is 0 Å². The lowest BCUT2D eigenvalue weighted by Gasteiger charge is -2.34. The van der Waals surface area contributed by atoms with Crippen molar-refractivity contribution >= 4 is 13.3 Å². The zero-order valence-electron chi connectivity index (χ0n) is 9.23. The minimum absolute atomic E-state index is 0.206. The number of hydrogen-bond donors (Lipinski definition) is 0. The Morgan fingerprint density at radius 3 is 3.00 bits per heavy atom. The fraction of sp³-hybridized carbons (Fsp3) is 0.308. The van der Waals surface area contributed by atoms with Crippen molar-refractivity contribution in [1.82, 2.24) is 9.55 Å². The molecule has 17 heavy (non-hydrogen) atoms. The smallest absolute Gasteiger partial charge is 0.140 e. The van der Waals surface area contributed by atoms with Gasteiger partial charge in [0, 0.05) is 24.0 Å². The van der Waals surface area contributed by atoms with Crippen LogP contribution in [0, 0.1) is 5.82 Å². The second-order valence-corrected chi connectivity index (χ2v) is 4.94. The Hall–Kier alpha value is -1.58. The summed E-state index contributed by atoms with van der Waals surface area (Å²) >= 11 is 0. The lowest BCUT2D eigenvalue weighted by Crippen LogP contribution is -2.22. The van der Waals surface area contributed by atoms with E-state index in [9.17, 15) is 4.39 Å². The maximum Gasteiger partial charge on any atom is 0.140 e. The summed E-state index contributed by atoms with van der Waals surface area (Å²) in [6, 6.07) is 3.84. The number of rotatable bonds is 0. The van der Waals surface area contributed by atoms with Crippen LogP contribution >= 0.6 is 0 Å². The molecular weight excluding hydrogens is 214 g/mol. The lowest BCUT2D eigenvalue weighted by molar-refractivity contribution is 0.274. The molecule has 1 fully saturated rings. The van der Waals surface area contributed by atoms with Gasteiger partial charge in [-0.3, -0.25) is 0 Å². The molecule has 1 aromatic heterocycles. The highest BCUT2D eigenvalue weighted by atomic mass is 19.1. The van der Waals surface area contributed by atoms with Crippen molar-refractivity contribution in [2.24, 2.45) is 0 Å². The van der Waals surface area contributed by atoms with Crippen molar-refractivity contribution < 1.29 is 4.39 Å². The van der Waals surface area contributed by atoms with Gasteiger partial charge in [0.25, 0.3) is 0 Å². The highest BCUT2D eigenvalue weighted by molar-refractivity contribution is 6.32. The molecule has 3 aliphatic rings. The summed E-state index contributed by atoms with van der Waals surface area (Å²) in [6.45, 7) is 0. The molecule has 3 heterocycles. The van der Waals surface area contributed by atoms with Crippen LogP contribution in [0.5, 0.6) is 0 Å². The van der Waals surface area contributed by atoms with Crippen molar-refractivity contribution in [3.8, 4) is 11.4 Å². The molecule has 1 aliphatic carbocycles. The zero-order valence-corrected chi connectivity index (χ0v) is 9.23. The third-order valence-corrected chi connectivity index (χ3v) is 4.02. The quantitative estimate of drug-likeness (QED) is 0.625. The van der Waals surface area contributed by atoms with E-state index in [1.54, 1.807) is 18.3 Å². The number of aromatic nitrogens is 2. The highest BCUT2D eigenvalue weighted by Gasteiger charge is 2.38. The van der Waals surface area contributed by atoms with Crippen LogP contribution in [-0.2, 0) is 0 Å². The first kappa shape index (κ1) is 9.45. The molecule has 0 unspecified atom stereocenters. The van der Waals surface area contributed by atoms with Crippen LogP contribution in [0.15, 0.2) is 24.5 Å². The molecule has 0 saturated heterocycles. The summed E-state index contributed by atoms with van der Waals surface area (Å²) in [5.74, 6) is 1.08. The number of hydrogen-bond acceptors (Lipinski definition) is 1. The number of halogens is 1. The predicted molar refractivity (Wildman–Crippen MR) is 64.0 cm³/mol. The minimum Gasteiger partial charge on any atom is -0.328 e. The van der Waals surface area contributed by atoms with Crippen molar-refractivity contribution in [1.29, 1.82) is 0 Å². The number of nitrogens with zero attached hydrogens (tertiary/aromatic N) is 2. The fourth-order valence-corrected chi connectivity index (χ4v) is 3.02. The van der Waals surface area contributed by atoms with Gasteiger partial charge in [-0.15, -0.1) is 0 Å². The van der Waals surface area contributed by atoms with E-state index in [-0.39, 0.29) is 11.3 Å². The zero-order chi connectivity index (χ0) is 11.6. The first-order valence-corrected chi connectivity index (χ1v) is 5.86. The summed E-state index contributed by atoms with van der Waals surface area (Å²) in [4.78, 5) is 4.39. The number of benzene rings is 1. The van der Waals surface area contributed by atoms with Gasteiger partial charge in [-0.1, -0.05) is 11.5 Å². The molecule has 0 amide bonds. The fourth-order valence-electron chi connectivity index (χ4n) is 3.02. The molecule has 1 saturated carbocycles. The van der Waals surface area contributed by atoms with Gasteiger partial charge in [0.1, 0.15) is 19.5 Å². The van der Waals surface area contributed by atoms with Crippen LogP contribution in [0.3, 0.4) is 0 Å². The maximum absolute atomic E-state index is 13.6. The molecule has 1 aromatic carbocycles. The maximum atomic E-state index is 13.6. The molecule has 0 atom stereocenters. The highest BCUT2D eigenvalue weighted by Crippen LogP contribution is 2.51. The minimum atomic E-state index is -0.313. The Kier molecular flexibility index (Phi) is 1.67. The van der Waals surface area contributed by atoms with Crippen molar-refractivity contribution in [2.45, 2.75) is 24.8 Å². The second-order valence-electron chi connectivity index (χ2n) is 4.94. The lowest BCUT2D eigenvalue weighted by atomic mass is 9.75. The van der Waals surface area contributed by atoms with Gasteiger partial charge in [0.2, 0.25) is 0 Å². The predicted octanol–water partition coefficient (Wildman–Crippen LogP) is 1.92. The van der Waals surface area contributed by atoms with Crippen molar-refractivity contribution in [2.75, 3.05) is 0 Å². The SMILES string of the molecule is [B]c1cc2c(cc1F)C1CC(C1)n1ccnc1-2. The van der Waals surface area contributed by atoms with E-state index >= 15 is 0 Å². The standard InChI is InChI=1S/C13H10BFN2/c14-11-5-10-9(6-12(11)15)7-3-8(4-7)17-2-1-16-13(10)17/h1-2,5-8H,3-4H2. The van der Waals surface area contributed by atoms with Crippen molar-refractivity contribution in [3.63, 3.8) is 0 Å². The van der Waals surface area contributed by atoms with Gasteiger partial charge in [-0.25, -0.2) is 9.37 Å². The molecule has 4 heteroatoms. The second kappa shape index (κ2) is 3.00. The van der Waals surface area contributed by atoms with Gasteiger partial charge < -0.3 is 4.57 Å². The molecule has 2 aliphatic heterocycles. The molecule has 2 nitrogen and oxygen atoms in total. The molecule has 2 aromatic rings. The molecule has 2 radical (unpaired) electrons. The summed E-state index contributed by atoms with van der Waals surface area (Å²) in [5.41, 5.74) is 2.27. The average Bonchev–Trinajstić information content (AvgIpc) is 2.62. The van der Waals surface area contributed by atoms with Crippen molar-refractivity contribution in [3.05, 3.63) is 35.9 Å². The van der Waals surface area contributed by atoms with Crippen LogP contribution in [0.2, 0.25) is 0 Å². The summed E-state index contributed by atoms with van der Waals surface area (Å²) in [6.07, 6.45) is 5.97. The van der Waals surface area contributed by atoms with Crippen LogP contribution in [0.4, 0.5) is 4.39 Å². The Morgan fingerprint density at radius 2 is 2.18 bits per heavy atom. The molecule has 0 spiro atoms. The van der Waals surface area contributed by atoms with E-state index in [0.717, 1.165) is 29.8 Å². The van der Waals surface area contributed by atoms with Gasteiger partial charge in [0.15, 0.2) is 0 Å². The van der Waals surface area contributed by atoms with E-state index in [2.05, 4.69) is 9.55 Å². The van der Waals surface area contributed by atoms with Gasteiger partial charge in [0.05, 0.1) is 0 Å². The Morgan fingerprint density at radius 1 is 1.35 bits per heavy atom. The van der Waals surface area contributed by atoms with E-state index in [1.165, 1.54) is 0 Å². The first-order valence-electron chi connectivity index (χ1n) is 5.86. The molecule has 82 valence electrons. The average molecular weight is 224 g/mol. The third kappa shape index (κ3) is 1.13. The monoisotopic (exact) mass is 224 g/mol. The van der Waals surface area contributed by atoms with E-state index in [0.29, 0.717) is 12.0 Å². The molecule has 5 rings (SSSR count). The molecule has 2 bridgehead atoms. The van der Waals surface area contributed by atoms with Gasteiger partial charge in [-0.2, -0.15) is 0 Å². The summed E-state index contributed by atoms with van der Waals surface area (Å²) in [7, 11) is 5.67. The number of imidazole rings is 1. The molecule has 0 N–H and O–H groups in total. The third-order valence-electron chi connectivity index (χ3n) is 4.02. The Bertz CT molecular complexity index is 614. The van der Waals surface area contributed by atoms with E-state index < -0.39 is 0 Å². The van der Waals surface area contributed by atoms with E-state index in [4.69, 9.17) is 7.85 Å². The largest absolute Gasteiger partial charge is 0.328 e.